The molecule has 0 saturated carbocycles. The third-order valence-corrected chi connectivity index (χ3v) is 10.1. The molecule has 4 unspecified atom stereocenters. The largest absolute Gasteiger partial charge is 0.485 e. The Kier molecular flexibility index (Phi) is 5.86. The normalized spacial score (nSPS) is 27.3. The van der Waals surface area contributed by atoms with Crippen molar-refractivity contribution in [3.8, 4) is 5.75 Å². The van der Waals surface area contributed by atoms with E-state index in [1.807, 2.05) is 0 Å². The summed E-state index contributed by atoms with van der Waals surface area (Å²) in [4.78, 5) is 0. The van der Waals surface area contributed by atoms with Crippen LogP contribution >= 0.6 is 0 Å². The number of para-hydroxylation sites is 1. The number of benzene rings is 3. The second-order valence-corrected chi connectivity index (χ2v) is 12.3. The van der Waals surface area contributed by atoms with E-state index in [1.165, 1.54) is 72.4 Å². The monoisotopic (exact) mass is 510 g/mol. The van der Waals surface area contributed by atoms with Crippen molar-refractivity contribution >= 4 is 22.4 Å². The lowest BCUT2D eigenvalue weighted by atomic mass is 9.71. The summed E-state index contributed by atoms with van der Waals surface area (Å²) in [5.74, 6) is 2.68. The molecular formula is C38H38O. The van der Waals surface area contributed by atoms with Crippen LogP contribution in [0.2, 0.25) is 0 Å². The Morgan fingerprint density at radius 2 is 1.49 bits per heavy atom. The summed E-state index contributed by atoms with van der Waals surface area (Å²) in [5, 5.41) is 2.98. The summed E-state index contributed by atoms with van der Waals surface area (Å²) in [6, 6.07) is 18.0. The Balaban J connectivity index is 1.29. The molecule has 4 atom stereocenters. The van der Waals surface area contributed by atoms with Crippen LogP contribution in [0.5, 0.6) is 5.75 Å². The van der Waals surface area contributed by atoms with Crippen molar-refractivity contribution in [3.63, 3.8) is 0 Å². The maximum atomic E-state index is 6.36. The van der Waals surface area contributed by atoms with Gasteiger partial charge in [-0.2, -0.15) is 0 Å². The third-order valence-electron chi connectivity index (χ3n) is 10.1. The molecular weight excluding hydrogens is 472 g/mol. The molecule has 3 aromatic carbocycles. The first kappa shape index (κ1) is 23.6. The van der Waals surface area contributed by atoms with Crippen LogP contribution in [0.1, 0.15) is 97.4 Å². The van der Waals surface area contributed by atoms with Crippen molar-refractivity contribution in [2.24, 2.45) is 5.92 Å². The van der Waals surface area contributed by atoms with Crippen molar-refractivity contribution in [2.75, 3.05) is 0 Å². The summed E-state index contributed by atoms with van der Waals surface area (Å²) < 4.78 is 6.36. The van der Waals surface area contributed by atoms with Gasteiger partial charge in [-0.05, 0) is 115 Å². The maximum absolute atomic E-state index is 6.36. The topological polar surface area (TPSA) is 9.23 Å². The van der Waals surface area contributed by atoms with E-state index in [-0.39, 0.29) is 6.10 Å². The van der Waals surface area contributed by atoms with Gasteiger partial charge in [0.2, 0.25) is 0 Å². The SMILES string of the molecule is C1=CC(C2=CC(c3c4c(c(C5C=C6c7ccccc7OC6CC5)c5ccccc35)C=CCC4)CCC2)CCC1. The minimum absolute atomic E-state index is 0.218. The molecule has 0 radical (unpaired) electrons. The second kappa shape index (κ2) is 9.70. The van der Waals surface area contributed by atoms with E-state index in [0.29, 0.717) is 17.8 Å². The molecule has 1 nitrogen and oxygen atoms in total. The molecule has 196 valence electrons. The van der Waals surface area contributed by atoms with Gasteiger partial charge >= 0.3 is 0 Å². The van der Waals surface area contributed by atoms with Gasteiger partial charge in [-0.15, -0.1) is 0 Å². The number of hydrogen-bond acceptors (Lipinski definition) is 1. The van der Waals surface area contributed by atoms with Gasteiger partial charge in [0.15, 0.2) is 0 Å². The fourth-order valence-electron chi connectivity index (χ4n) is 8.36. The minimum Gasteiger partial charge on any atom is -0.485 e. The number of ether oxygens (including phenoxy) is 1. The van der Waals surface area contributed by atoms with Gasteiger partial charge in [0.25, 0.3) is 0 Å². The average molecular weight is 511 g/mol. The fraction of sp³-hybridized carbons (Fsp3) is 0.368. The van der Waals surface area contributed by atoms with Gasteiger partial charge in [-0.25, -0.2) is 0 Å². The van der Waals surface area contributed by atoms with Crippen molar-refractivity contribution < 1.29 is 4.74 Å². The Hall–Kier alpha value is -3.32. The predicted molar refractivity (Wildman–Crippen MR) is 163 cm³/mol. The lowest BCUT2D eigenvalue weighted by Gasteiger charge is -2.33. The zero-order valence-electron chi connectivity index (χ0n) is 22.9. The van der Waals surface area contributed by atoms with Crippen LogP contribution in [-0.2, 0) is 6.42 Å². The van der Waals surface area contributed by atoms with E-state index >= 15 is 0 Å². The highest BCUT2D eigenvalue weighted by Crippen LogP contribution is 2.50. The standard InChI is InChI=1S/C38H38O/c1-2-11-25(12-3-1)26-13-10-14-27(23-26)37-30-16-4-6-18-32(30)38(33-19-7-5-17-31(33)37)28-21-22-36-34(24-28)29-15-8-9-20-35(29)39-36/h2,4,6-9,11,15-16,18-20,23-25,27-28,36H,1,3,5,10,12-14,17,21-22H2. The third kappa shape index (κ3) is 3.96. The summed E-state index contributed by atoms with van der Waals surface area (Å²) in [7, 11) is 0. The van der Waals surface area contributed by atoms with Gasteiger partial charge < -0.3 is 4.74 Å². The summed E-state index contributed by atoms with van der Waals surface area (Å²) in [6.07, 6.45) is 27.7. The van der Waals surface area contributed by atoms with Crippen molar-refractivity contribution in [1.82, 2.24) is 0 Å². The molecule has 39 heavy (non-hydrogen) atoms. The fourth-order valence-corrected chi connectivity index (χ4v) is 8.36. The number of hydrogen-bond donors (Lipinski definition) is 0. The predicted octanol–water partition coefficient (Wildman–Crippen LogP) is 10.1. The molecule has 4 aliphatic carbocycles. The summed E-state index contributed by atoms with van der Waals surface area (Å²) in [5.41, 5.74) is 10.8. The Bertz CT molecular complexity index is 1560. The Morgan fingerprint density at radius 3 is 2.38 bits per heavy atom. The molecule has 0 bridgehead atoms. The van der Waals surface area contributed by atoms with Crippen LogP contribution in [0.3, 0.4) is 0 Å². The highest BCUT2D eigenvalue weighted by atomic mass is 16.5. The van der Waals surface area contributed by atoms with Crippen molar-refractivity contribution in [1.29, 1.82) is 0 Å². The zero-order chi connectivity index (χ0) is 25.8. The van der Waals surface area contributed by atoms with E-state index in [1.54, 1.807) is 22.3 Å². The molecule has 5 aliphatic rings. The molecule has 8 rings (SSSR count). The van der Waals surface area contributed by atoms with E-state index in [2.05, 4.69) is 85.0 Å². The molecule has 0 amide bonds. The van der Waals surface area contributed by atoms with Crippen molar-refractivity contribution in [2.45, 2.75) is 82.1 Å². The van der Waals surface area contributed by atoms with Crippen LogP contribution in [-0.4, -0.2) is 6.10 Å². The van der Waals surface area contributed by atoms with Crippen LogP contribution < -0.4 is 4.74 Å². The van der Waals surface area contributed by atoms with Crippen molar-refractivity contribution in [3.05, 3.63) is 112 Å². The summed E-state index contributed by atoms with van der Waals surface area (Å²) in [6.45, 7) is 0. The minimum atomic E-state index is 0.218. The molecule has 1 heteroatoms. The van der Waals surface area contributed by atoms with E-state index in [4.69, 9.17) is 4.74 Å². The molecule has 3 aromatic rings. The zero-order valence-corrected chi connectivity index (χ0v) is 22.9. The van der Waals surface area contributed by atoms with Gasteiger partial charge in [0.05, 0.1) is 0 Å². The first-order chi connectivity index (χ1) is 19.3. The van der Waals surface area contributed by atoms with E-state index in [0.717, 1.165) is 25.0 Å². The van der Waals surface area contributed by atoms with Crippen LogP contribution in [0, 0.1) is 5.92 Å². The van der Waals surface area contributed by atoms with Crippen LogP contribution in [0.15, 0.2) is 84.5 Å². The quantitative estimate of drug-likeness (QED) is 0.319. The number of fused-ring (bicyclic) bond motifs is 5. The highest BCUT2D eigenvalue weighted by molar-refractivity contribution is 5.95. The molecule has 1 heterocycles. The lowest BCUT2D eigenvalue weighted by Crippen LogP contribution is -2.20. The molecule has 0 N–H and O–H groups in total. The van der Waals surface area contributed by atoms with Gasteiger partial charge in [0, 0.05) is 17.4 Å². The molecule has 0 aromatic heterocycles. The Morgan fingerprint density at radius 1 is 0.667 bits per heavy atom. The van der Waals surface area contributed by atoms with Gasteiger partial charge in [0.1, 0.15) is 11.9 Å². The average Bonchev–Trinajstić information content (AvgIpc) is 3.38. The lowest BCUT2D eigenvalue weighted by molar-refractivity contribution is 0.253. The Labute approximate surface area is 233 Å². The van der Waals surface area contributed by atoms with Crippen LogP contribution in [0.4, 0.5) is 0 Å². The van der Waals surface area contributed by atoms with Gasteiger partial charge in [-0.3, -0.25) is 0 Å². The number of rotatable bonds is 3. The second-order valence-electron chi connectivity index (χ2n) is 12.3. The van der Waals surface area contributed by atoms with Crippen LogP contribution in [0.25, 0.3) is 22.4 Å². The molecule has 0 fully saturated rings. The van der Waals surface area contributed by atoms with Gasteiger partial charge in [-0.1, -0.05) is 84.5 Å². The maximum Gasteiger partial charge on any atom is 0.127 e. The first-order valence-corrected chi connectivity index (χ1v) is 15.4. The summed E-state index contributed by atoms with van der Waals surface area (Å²) >= 11 is 0. The molecule has 1 aliphatic heterocycles. The first-order valence-electron chi connectivity index (χ1n) is 15.4. The van der Waals surface area contributed by atoms with E-state index < -0.39 is 0 Å². The number of allylic oxidation sites excluding steroid dienone is 6. The smallest absolute Gasteiger partial charge is 0.127 e. The molecule has 0 spiro atoms. The van der Waals surface area contributed by atoms with E-state index in [9.17, 15) is 0 Å². The highest BCUT2D eigenvalue weighted by Gasteiger charge is 2.35. The molecule has 0 saturated heterocycles.